The van der Waals surface area contributed by atoms with Crippen molar-refractivity contribution in [3.8, 4) is 0 Å². The van der Waals surface area contributed by atoms with Crippen molar-refractivity contribution in [2.45, 2.75) is 6.23 Å². The van der Waals surface area contributed by atoms with Gasteiger partial charge < -0.3 is 5.11 Å². The Hall–Kier alpha value is -1.10. The number of aromatic nitrogens is 3. The minimum atomic E-state index is -0.996. The SMILES string of the molecule is OC(c1ccc(Cl)cc1Cl)n1nccn1. The van der Waals surface area contributed by atoms with Gasteiger partial charge in [0.1, 0.15) is 0 Å². The van der Waals surface area contributed by atoms with Crippen LogP contribution in [0.5, 0.6) is 0 Å². The third-order valence-corrected chi connectivity index (χ3v) is 2.46. The van der Waals surface area contributed by atoms with E-state index in [9.17, 15) is 5.11 Å². The van der Waals surface area contributed by atoms with Crippen LogP contribution in [-0.2, 0) is 0 Å². The fraction of sp³-hybridized carbons (Fsp3) is 0.111. The molecule has 2 aromatic rings. The normalized spacial score (nSPS) is 12.7. The Morgan fingerprint density at radius 1 is 1.20 bits per heavy atom. The maximum atomic E-state index is 9.86. The lowest BCUT2D eigenvalue weighted by molar-refractivity contribution is 0.116. The first-order chi connectivity index (χ1) is 7.18. The van der Waals surface area contributed by atoms with E-state index in [1.807, 2.05) is 0 Å². The van der Waals surface area contributed by atoms with Gasteiger partial charge in [-0.25, -0.2) is 0 Å². The summed E-state index contributed by atoms with van der Waals surface area (Å²) in [5, 5.41) is 18.4. The van der Waals surface area contributed by atoms with E-state index in [-0.39, 0.29) is 0 Å². The molecule has 0 bridgehead atoms. The van der Waals surface area contributed by atoms with Crippen molar-refractivity contribution in [1.82, 2.24) is 15.0 Å². The standard InChI is InChI=1S/C9H7Cl2N3O/c10-6-1-2-7(8(11)5-6)9(15)14-12-3-4-13-14/h1-5,9,15H. The molecule has 0 amide bonds. The average molecular weight is 244 g/mol. The Bertz CT molecular complexity index is 458. The van der Waals surface area contributed by atoms with Gasteiger partial charge in [0, 0.05) is 15.6 Å². The molecule has 1 N–H and O–H groups in total. The molecule has 0 spiro atoms. The van der Waals surface area contributed by atoms with Gasteiger partial charge in [0.2, 0.25) is 0 Å². The molecule has 1 aromatic carbocycles. The second kappa shape index (κ2) is 4.18. The van der Waals surface area contributed by atoms with Crippen LogP contribution in [0.1, 0.15) is 11.8 Å². The molecule has 1 unspecified atom stereocenters. The molecule has 4 nitrogen and oxygen atoms in total. The summed E-state index contributed by atoms with van der Waals surface area (Å²) in [5.41, 5.74) is 0.511. The minimum Gasteiger partial charge on any atom is -0.366 e. The Kier molecular flexibility index (Phi) is 2.90. The summed E-state index contributed by atoms with van der Waals surface area (Å²) in [6, 6.07) is 4.85. The zero-order chi connectivity index (χ0) is 10.8. The monoisotopic (exact) mass is 243 g/mol. The molecule has 78 valence electrons. The van der Waals surface area contributed by atoms with Crippen molar-refractivity contribution in [3.63, 3.8) is 0 Å². The number of benzene rings is 1. The lowest BCUT2D eigenvalue weighted by Gasteiger charge is -2.11. The summed E-state index contributed by atoms with van der Waals surface area (Å²) in [4.78, 5) is 1.16. The van der Waals surface area contributed by atoms with Crippen LogP contribution in [0.15, 0.2) is 30.6 Å². The number of aliphatic hydroxyl groups excluding tert-OH is 1. The molecule has 1 atom stereocenters. The first kappa shape index (κ1) is 10.4. The van der Waals surface area contributed by atoms with Gasteiger partial charge in [-0.15, -0.1) is 0 Å². The predicted molar refractivity (Wildman–Crippen MR) is 56.8 cm³/mol. The quantitative estimate of drug-likeness (QED) is 0.880. The third-order valence-electron chi connectivity index (χ3n) is 1.90. The molecule has 1 aromatic heterocycles. The van der Waals surface area contributed by atoms with Gasteiger partial charge in [0.15, 0.2) is 6.23 Å². The summed E-state index contributed by atoms with van der Waals surface area (Å²) in [6.45, 7) is 0. The molecule has 2 rings (SSSR count). The Morgan fingerprint density at radius 2 is 1.87 bits per heavy atom. The fourth-order valence-electron chi connectivity index (χ4n) is 1.19. The zero-order valence-electron chi connectivity index (χ0n) is 7.51. The number of nitrogens with zero attached hydrogens (tertiary/aromatic N) is 3. The van der Waals surface area contributed by atoms with E-state index in [1.165, 1.54) is 12.4 Å². The highest BCUT2D eigenvalue weighted by Gasteiger charge is 2.14. The summed E-state index contributed by atoms with van der Waals surface area (Å²) in [6.07, 6.45) is 1.96. The lowest BCUT2D eigenvalue weighted by atomic mass is 10.2. The highest BCUT2D eigenvalue weighted by atomic mass is 35.5. The molecule has 6 heteroatoms. The number of rotatable bonds is 2. The third kappa shape index (κ3) is 2.12. The van der Waals surface area contributed by atoms with Crippen LogP contribution in [0.25, 0.3) is 0 Å². The first-order valence-corrected chi connectivity index (χ1v) is 4.93. The Labute approximate surface area is 96.0 Å². The number of aliphatic hydroxyl groups is 1. The highest BCUT2D eigenvalue weighted by molar-refractivity contribution is 6.35. The van der Waals surface area contributed by atoms with Crippen molar-refractivity contribution < 1.29 is 5.11 Å². The van der Waals surface area contributed by atoms with Gasteiger partial charge in [-0.1, -0.05) is 29.3 Å². The summed E-state index contributed by atoms with van der Waals surface area (Å²) in [7, 11) is 0. The van der Waals surface area contributed by atoms with Crippen LogP contribution in [-0.4, -0.2) is 20.1 Å². The maximum Gasteiger partial charge on any atom is 0.193 e. The van der Waals surface area contributed by atoms with Crippen molar-refractivity contribution in [2.24, 2.45) is 0 Å². The molecule has 0 saturated carbocycles. The van der Waals surface area contributed by atoms with Gasteiger partial charge in [0.25, 0.3) is 0 Å². The molecule has 1 heterocycles. The molecule has 0 aliphatic carbocycles. The van der Waals surface area contributed by atoms with E-state index in [4.69, 9.17) is 23.2 Å². The molecule has 0 fully saturated rings. The first-order valence-electron chi connectivity index (χ1n) is 4.17. The predicted octanol–water partition coefficient (Wildman–Crippen LogP) is 2.12. The molecule has 0 aliphatic heterocycles. The van der Waals surface area contributed by atoms with E-state index in [2.05, 4.69) is 10.2 Å². The van der Waals surface area contributed by atoms with E-state index in [0.717, 1.165) is 4.80 Å². The largest absolute Gasteiger partial charge is 0.366 e. The molecule has 0 saturated heterocycles. The van der Waals surface area contributed by atoms with Crippen LogP contribution in [0.4, 0.5) is 0 Å². The molecular weight excluding hydrogens is 237 g/mol. The second-order valence-electron chi connectivity index (χ2n) is 2.89. The average Bonchev–Trinajstić information content (AvgIpc) is 2.69. The minimum absolute atomic E-state index is 0.382. The summed E-state index contributed by atoms with van der Waals surface area (Å²) in [5.74, 6) is 0. The molecule has 0 aliphatic rings. The van der Waals surface area contributed by atoms with Crippen LogP contribution in [0, 0.1) is 0 Å². The Morgan fingerprint density at radius 3 is 2.47 bits per heavy atom. The van der Waals surface area contributed by atoms with Crippen molar-refractivity contribution >= 4 is 23.2 Å². The van der Waals surface area contributed by atoms with Crippen LogP contribution >= 0.6 is 23.2 Å². The van der Waals surface area contributed by atoms with Crippen LogP contribution in [0.2, 0.25) is 10.0 Å². The summed E-state index contributed by atoms with van der Waals surface area (Å²) < 4.78 is 0. The van der Waals surface area contributed by atoms with Crippen LogP contribution < -0.4 is 0 Å². The van der Waals surface area contributed by atoms with E-state index >= 15 is 0 Å². The van der Waals surface area contributed by atoms with Gasteiger partial charge >= 0.3 is 0 Å². The van der Waals surface area contributed by atoms with Crippen LogP contribution in [0.3, 0.4) is 0 Å². The van der Waals surface area contributed by atoms with E-state index in [1.54, 1.807) is 18.2 Å². The number of halogens is 2. The zero-order valence-corrected chi connectivity index (χ0v) is 9.02. The van der Waals surface area contributed by atoms with Crippen molar-refractivity contribution in [3.05, 3.63) is 46.2 Å². The molecule has 15 heavy (non-hydrogen) atoms. The highest BCUT2D eigenvalue weighted by Crippen LogP contribution is 2.26. The van der Waals surface area contributed by atoms with Crippen molar-refractivity contribution in [1.29, 1.82) is 0 Å². The fourth-order valence-corrected chi connectivity index (χ4v) is 1.69. The van der Waals surface area contributed by atoms with E-state index < -0.39 is 6.23 Å². The molecular formula is C9H7Cl2N3O. The van der Waals surface area contributed by atoms with Gasteiger partial charge in [-0.3, -0.25) is 0 Å². The number of hydrogen-bond acceptors (Lipinski definition) is 3. The second-order valence-corrected chi connectivity index (χ2v) is 3.73. The maximum absolute atomic E-state index is 9.86. The molecule has 0 radical (unpaired) electrons. The Balaban J connectivity index is 2.38. The van der Waals surface area contributed by atoms with Gasteiger partial charge in [-0.05, 0) is 12.1 Å². The van der Waals surface area contributed by atoms with Gasteiger partial charge in [-0.2, -0.15) is 15.0 Å². The van der Waals surface area contributed by atoms with E-state index in [0.29, 0.717) is 15.6 Å². The lowest BCUT2D eigenvalue weighted by Crippen LogP contribution is -2.13. The smallest absolute Gasteiger partial charge is 0.193 e. The van der Waals surface area contributed by atoms with Gasteiger partial charge in [0.05, 0.1) is 12.4 Å². The number of hydrogen-bond donors (Lipinski definition) is 1. The van der Waals surface area contributed by atoms with Crippen molar-refractivity contribution in [2.75, 3.05) is 0 Å². The topological polar surface area (TPSA) is 50.9 Å². The summed E-state index contributed by atoms with van der Waals surface area (Å²) >= 11 is 11.7.